The predicted molar refractivity (Wildman–Crippen MR) is 87.5 cm³/mol. The smallest absolute Gasteiger partial charge is 0.307 e. The molecule has 20 heavy (non-hydrogen) atoms. The van der Waals surface area contributed by atoms with Crippen LogP contribution >= 0.6 is 0 Å². The first-order chi connectivity index (χ1) is 9.33. The quantitative estimate of drug-likeness (QED) is 0.255. The molecule has 0 spiro atoms. The van der Waals surface area contributed by atoms with Crippen LogP contribution in [0.1, 0.15) is 65.2 Å². The number of carbonyl (C=O) groups is 1. The van der Waals surface area contributed by atoms with Gasteiger partial charge >= 0.3 is 5.97 Å². The number of ether oxygens (including phenoxy) is 1. The minimum Gasteiger partial charge on any atom is -0.435 e. The van der Waals surface area contributed by atoms with Crippen LogP contribution in [0.15, 0.2) is 12.8 Å². The van der Waals surface area contributed by atoms with Crippen molar-refractivity contribution in [1.82, 2.24) is 0 Å². The summed E-state index contributed by atoms with van der Waals surface area (Å²) in [4.78, 5) is 9.75. The average Bonchev–Trinajstić information content (AvgIpc) is 2.32. The lowest BCUT2D eigenvalue weighted by molar-refractivity contribution is -0.870. The van der Waals surface area contributed by atoms with Crippen molar-refractivity contribution in [2.45, 2.75) is 65.2 Å². The zero-order valence-electron chi connectivity index (χ0n) is 14.4. The molecule has 0 aromatic rings. The Morgan fingerprint density at radius 1 is 1.00 bits per heavy atom. The molecule has 0 saturated carbocycles. The highest BCUT2D eigenvalue weighted by Crippen LogP contribution is 2.09. The summed E-state index contributed by atoms with van der Waals surface area (Å²) in [5, 5.41) is 0. The van der Waals surface area contributed by atoms with Crippen LogP contribution in [-0.2, 0) is 9.53 Å². The molecule has 0 aliphatic carbocycles. The Labute approximate surface area is 126 Å². The summed E-state index contributed by atoms with van der Waals surface area (Å²) in [6.45, 7) is 8.09. The molecule has 120 valence electrons. The molecule has 0 amide bonds. The first-order valence-corrected chi connectivity index (χ1v) is 7.92. The van der Waals surface area contributed by atoms with Crippen LogP contribution in [0.3, 0.4) is 0 Å². The summed E-state index contributed by atoms with van der Waals surface area (Å²) in [5.74, 6) is -0.329. The summed E-state index contributed by atoms with van der Waals surface area (Å²) in [7, 11) is 6.84. The molecule has 0 fully saturated rings. The molecule has 0 aliphatic rings. The normalized spacial score (nSPS) is 10.4. The average molecular weight is 286 g/mol. The van der Waals surface area contributed by atoms with E-state index in [0.29, 0.717) is 0 Å². The fourth-order valence-electron chi connectivity index (χ4n) is 1.84. The molecular formula is C17H36NO2+. The van der Waals surface area contributed by atoms with Crippen molar-refractivity contribution in [3.05, 3.63) is 12.8 Å². The van der Waals surface area contributed by atoms with Gasteiger partial charge in [0.05, 0.1) is 33.9 Å². The molecule has 0 unspecified atom stereocenters. The second kappa shape index (κ2) is 14.6. The molecule has 0 heterocycles. The zero-order chi connectivity index (χ0) is 15.9. The van der Waals surface area contributed by atoms with Gasteiger partial charge < -0.3 is 9.22 Å². The lowest BCUT2D eigenvalue weighted by atomic mass is 10.1. The van der Waals surface area contributed by atoms with Crippen molar-refractivity contribution >= 4 is 5.97 Å². The Hall–Kier alpha value is -0.830. The molecule has 0 atom stereocenters. The zero-order valence-corrected chi connectivity index (χ0v) is 14.4. The number of hydrogen-bond acceptors (Lipinski definition) is 2. The van der Waals surface area contributed by atoms with E-state index in [4.69, 9.17) is 0 Å². The number of rotatable bonds is 10. The highest BCUT2D eigenvalue weighted by molar-refractivity contribution is 5.66. The Bertz CT molecular complexity index is 232. The summed E-state index contributed by atoms with van der Waals surface area (Å²) in [5.41, 5.74) is 0. The SMILES string of the molecule is C=COC(C)=O.CCCCCCCCCC[N+](C)(C)C. The van der Waals surface area contributed by atoms with Crippen LogP contribution in [0.4, 0.5) is 0 Å². The van der Waals surface area contributed by atoms with Crippen LogP contribution in [-0.4, -0.2) is 38.1 Å². The van der Waals surface area contributed by atoms with Gasteiger partial charge in [-0.05, 0) is 12.8 Å². The van der Waals surface area contributed by atoms with E-state index in [1.807, 2.05) is 0 Å². The van der Waals surface area contributed by atoms with Gasteiger partial charge in [-0.15, -0.1) is 0 Å². The first-order valence-electron chi connectivity index (χ1n) is 7.92. The van der Waals surface area contributed by atoms with Gasteiger partial charge in [-0.2, -0.15) is 0 Å². The van der Waals surface area contributed by atoms with Gasteiger partial charge in [0.25, 0.3) is 0 Å². The number of unbranched alkanes of at least 4 members (excludes halogenated alkanes) is 7. The van der Waals surface area contributed by atoms with Crippen LogP contribution < -0.4 is 0 Å². The molecule has 0 rings (SSSR count). The van der Waals surface area contributed by atoms with Crippen LogP contribution in [0.2, 0.25) is 0 Å². The van der Waals surface area contributed by atoms with Gasteiger partial charge in [0, 0.05) is 6.92 Å². The molecule has 3 heteroatoms. The monoisotopic (exact) mass is 286 g/mol. The van der Waals surface area contributed by atoms with E-state index < -0.39 is 0 Å². The third-order valence-electron chi connectivity index (χ3n) is 2.93. The highest BCUT2D eigenvalue weighted by Gasteiger charge is 2.04. The maximum absolute atomic E-state index is 9.75. The van der Waals surface area contributed by atoms with E-state index in [-0.39, 0.29) is 5.97 Å². The topological polar surface area (TPSA) is 26.3 Å². The summed E-state index contributed by atoms with van der Waals surface area (Å²) < 4.78 is 5.29. The minimum absolute atomic E-state index is 0.329. The number of hydrogen-bond donors (Lipinski definition) is 0. The maximum Gasteiger partial charge on any atom is 0.307 e. The Kier molecular flexibility index (Phi) is 15.6. The van der Waals surface area contributed by atoms with E-state index in [2.05, 4.69) is 39.4 Å². The van der Waals surface area contributed by atoms with Gasteiger partial charge in [-0.3, -0.25) is 4.79 Å². The summed E-state index contributed by atoms with van der Waals surface area (Å²) >= 11 is 0. The standard InChI is InChI=1S/C13H30N.C4H6O2/c1-5-6-7-8-9-10-11-12-13-14(2,3)4;1-3-6-4(2)5/h5-13H2,1-4H3;3H,1H2,2H3/q+1;. The van der Waals surface area contributed by atoms with Crippen molar-refractivity contribution in [2.24, 2.45) is 0 Å². The fourth-order valence-corrected chi connectivity index (χ4v) is 1.84. The Morgan fingerprint density at radius 3 is 1.75 bits per heavy atom. The number of esters is 1. The molecule has 0 aliphatic heterocycles. The molecule has 0 aromatic heterocycles. The van der Waals surface area contributed by atoms with Gasteiger partial charge in [-0.1, -0.05) is 52.0 Å². The molecule has 0 saturated heterocycles. The van der Waals surface area contributed by atoms with Gasteiger partial charge in [0.1, 0.15) is 0 Å². The lowest BCUT2D eigenvalue weighted by Gasteiger charge is -2.23. The highest BCUT2D eigenvalue weighted by atomic mass is 16.5. The number of nitrogens with zero attached hydrogens (tertiary/aromatic N) is 1. The number of quaternary nitrogens is 1. The third-order valence-corrected chi connectivity index (χ3v) is 2.93. The molecule has 0 aromatic carbocycles. The van der Waals surface area contributed by atoms with E-state index in [0.717, 1.165) is 10.7 Å². The molecule has 0 N–H and O–H groups in total. The second-order valence-corrected chi connectivity index (χ2v) is 6.26. The van der Waals surface area contributed by atoms with Gasteiger partial charge in [0.2, 0.25) is 0 Å². The van der Waals surface area contributed by atoms with Crippen LogP contribution in [0.5, 0.6) is 0 Å². The van der Waals surface area contributed by atoms with Gasteiger partial charge in [0.15, 0.2) is 0 Å². The second-order valence-electron chi connectivity index (χ2n) is 6.26. The van der Waals surface area contributed by atoms with Crippen LogP contribution in [0.25, 0.3) is 0 Å². The van der Waals surface area contributed by atoms with E-state index >= 15 is 0 Å². The van der Waals surface area contributed by atoms with Crippen LogP contribution in [0, 0.1) is 0 Å². The maximum atomic E-state index is 9.75. The predicted octanol–water partition coefficient (Wildman–Crippen LogP) is 4.53. The third kappa shape index (κ3) is 25.9. The van der Waals surface area contributed by atoms with E-state index in [1.165, 1.54) is 64.8 Å². The molecule has 0 radical (unpaired) electrons. The van der Waals surface area contributed by atoms with Crippen molar-refractivity contribution in [3.8, 4) is 0 Å². The van der Waals surface area contributed by atoms with Crippen molar-refractivity contribution in [2.75, 3.05) is 27.7 Å². The van der Waals surface area contributed by atoms with E-state index in [9.17, 15) is 4.79 Å². The largest absolute Gasteiger partial charge is 0.435 e. The van der Waals surface area contributed by atoms with E-state index in [1.54, 1.807) is 0 Å². The molecular weight excluding hydrogens is 250 g/mol. The van der Waals surface area contributed by atoms with Crippen molar-refractivity contribution in [3.63, 3.8) is 0 Å². The fraction of sp³-hybridized carbons (Fsp3) is 0.824. The molecule has 0 bridgehead atoms. The Morgan fingerprint density at radius 2 is 1.45 bits per heavy atom. The van der Waals surface area contributed by atoms with Crippen molar-refractivity contribution in [1.29, 1.82) is 0 Å². The lowest BCUT2D eigenvalue weighted by Crippen LogP contribution is -2.35. The summed E-state index contributed by atoms with van der Waals surface area (Å²) in [6, 6.07) is 0. The molecule has 3 nitrogen and oxygen atoms in total. The first kappa shape index (κ1) is 21.5. The summed E-state index contributed by atoms with van der Waals surface area (Å²) in [6.07, 6.45) is 12.5. The number of carbonyl (C=O) groups excluding carboxylic acids is 1. The van der Waals surface area contributed by atoms with Gasteiger partial charge in [-0.25, -0.2) is 0 Å². The Balaban J connectivity index is 0. The minimum atomic E-state index is -0.329. The van der Waals surface area contributed by atoms with Crippen molar-refractivity contribution < 1.29 is 14.0 Å².